The minimum Gasteiger partial charge on any atom is -0.454 e. The molecule has 0 fully saturated rings. The third-order valence-corrected chi connectivity index (χ3v) is 7.78. The lowest BCUT2D eigenvalue weighted by Gasteiger charge is -2.18. The minimum absolute atomic E-state index is 0.0836. The highest BCUT2D eigenvalue weighted by Crippen LogP contribution is 2.36. The van der Waals surface area contributed by atoms with Crippen LogP contribution in [0.15, 0.2) is 64.5 Å². The van der Waals surface area contributed by atoms with E-state index < -0.39 is 5.25 Å². The van der Waals surface area contributed by atoms with Gasteiger partial charge in [0.2, 0.25) is 19.5 Å². The maximum Gasteiger partial charge on any atom is 0.262 e. The molecule has 0 spiro atoms. The van der Waals surface area contributed by atoms with Crippen LogP contribution in [0.2, 0.25) is 5.02 Å². The summed E-state index contributed by atoms with van der Waals surface area (Å²) in [5, 5.41) is 3.72. The molecule has 9 nitrogen and oxygen atoms in total. The number of fused-ring (bicyclic) bond motifs is 3. The summed E-state index contributed by atoms with van der Waals surface area (Å²) in [4.78, 5) is 31.8. The number of halogens is 1. The van der Waals surface area contributed by atoms with E-state index in [0.717, 1.165) is 5.56 Å². The zero-order valence-corrected chi connectivity index (χ0v) is 21.8. The van der Waals surface area contributed by atoms with E-state index in [2.05, 4.69) is 5.32 Å². The van der Waals surface area contributed by atoms with E-state index in [4.69, 9.17) is 35.5 Å². The summed E-state index contributed by atoms with van der Waals surface area (Å²) in [6.07, 6.45) is 0.510. The van der Waals surface area contributed by atoms with Gasteiger partial charge in [0, 0.05) is 16.8 Å². The van der Waals surface area contributed by atoms with Crippen LogP contribution in [-0.4, -0.2) is 34.3 Å². The van der Waals surface area contributed by atoms with Gasteiger partial charge in [-0.15, -0.1) is 0 Å². The highest BCUT2D eigenvalue weighted by atomic mass is 35.5. The number of hydrogen-bond acceptors (Lipinski definition) is 8. The summed E-state index contributed by atoms with van der Waals surface area (Å²) in [6.45, 7) is 2.38. The first-order chi connectivity index (χ1) is 18.5. The van der Waals surface area contributed by atoms with Gasteiger partial charge in [-0.2, -0.15) is 0 Å². The second kappa shape index (κ2) is 10.1. The molecule has 2 aliphatic rings. The largest absolute Gasteiger partial charge is 0.454 e. The molecule has 0 saturated carbocycles. The number of nitrogens with zero attached hydrogens (tertiary/aromatic N) is 2. The Morgan fingerprint density at radius 3 is 2.53 bits per heavy atom. The van der Waals surface area contributed by atoms with Gasteiger partial charge in [0.1, 0.15) is 0 Å². The molecular formula is C27H22ClN3O6S. The number of ether oxygens (including phenoxy) is 4. The van der Waals surface area contributed by atoms with Crippen LogP contribution in [0.1, 0.15) is 18.9 Å². The number of benzene rings is 3. The molecule has 1 atom stereocenters. The number of anilines is 1. The Kier molecular flexibility index (Phi) is 6.50. The summed E-state index contributed by atoms with van der Waals surface area (Å²) in [6, 6.07) is 15.8. The number of hydrogen-bond donors (Lipinski definition) is 1. The maximum absolute atomic E-state index is 13.8. The van der Waals surface area contributed by atoms with Gasteiger partial charge in [0.05, 0.1) is 22.7 Å². The lowest BCUT2D eigenvalue weighted by Crippen LogP contribution is -2.28. The average Bonchev–Trinajstić information content (AvgIpc) is 3.57. The second-order valence-electron chi connectivity index (χ2n) is 8.71. The first kappa shape index (κ1) is 24.4. The standard InChI is InChI=1S/C27H22ClN3O6S/c1-2-24(25(32)29-17-5-3-4-16(28)9-17)38-27-30-19-11-23-22(36-14-37-23)10-18(19)26(33)31(27)12-15-6-7-20-21(8-15)35-13-34-20/h3-11,24H,2,12-14H2,1H3,(H,29,32)/t24-/m0/s1. The van der Waals surface area contributed by atoms with Crippen molar-refractivity contribution in [1.29, 1.82) is 0 Å². The van der Waals surface area contributed by atoms with Gasteiger partial charge in [-0.1, -0.05) is 42.4 Å². The highest BCUT2D eigenvalue weighted by molar-refractivity contribution is 8.00. The summed E-state index contributed by atoms with van der Waals surface area (Å²) in [5.74, 6) is 2.09. The molecule has 0 unspecified atom stereocenters. The van der Waals surface area contributed by atoms with Crippen molar-refractivity contribution in [2.45, 2.75) is 30.3 Å². The fourth-order valence-corrected chi connectivity index (χ4v) is 5.48. The van der Waals surface area contributed by atoms with Crippen LogP contribution in [-0.2, 0) is 11.3 Å². The van der Waals surface area contributed by atoms with Crippen LogP contribution in [0, 0.1) is 0 Å². The van der Waals surface area contributed by atoms with Crippen molar-refractivity contribution >= 4 is 45.9 Å². The molecule has 0 radical (unpaired) electrons. The Bertz CT molecular complexity index is 1620. The monoisotopic (exact) mass is 551 g/mol. The van der Waals surface area contributed by atoms with Crippen LogP contribution in [0.5, 0.6) is 23.0 Å². The normalized spacial score (nSPS) is 14.1. The SMILES string of the molecule is CC[C@H](Sc1nc2cc3c(cc2c(=O)n1Cc1ccc2c(c1)OCO2)OCO3)C(=O)Nc1cccc(Cl)c1. The van der Waals surface area contributed by atoms with Gasteiger partial charge < -0.3 is 24.3 Å². The fraction of sp³-hybridized carbons (Fsp3) is 0.222. The number of nitrogens with one attached hydrogen (secondary N) is 1. The summed E-state index contributed by atoms with van der Waals surface area (Å²) < 4.78 is 23.5. The van der Waals surface area contributed by atoms with Crippen LogP contribution >= 0.6 is 23.4 Å². The van der Waals surface area contributed by atoms with E-state index in [9.17, 15) is 9.59 Å². The predicted octanol–water partition coefficient (Wildman–Crippen LogP) is 5.07. The number of carbonyl (C=O) groups excluding carboxylic acids is 1. The third kappa shape index (κ3) is 4.72. The van der Waals surface area contributed by atoms with Crippen molar-refractivity contribution in [1.82, 2.24) is 9.55 Å². The topological polar surface area (TPSA) is 101 Å². The summed E-state index contributed by atoms with van der Waals surface area (Å²) in [7, 11) is 0. The molecule has 2 aliphatic heterocycles. The molecular weight excluding hydrogens is 530 g/mol. The molecule has 6 rings (SSSR count). The van der Waals surface area contributed by atoms with Crippen molar-refractivity contribution in [3.8, 4) is 23.0 Å². The van der Waals surface area contributed by atoms with E-state index in [1.54, 1.807) is 41.0 Å². The lowest BCUT2D eigenvalue weighted by molar-refractivity contribution is -0.115. The Balaban J connectivity index is 1.38. The third-order valence-electron chi connectivity index (χ3n) is 6.19. The van der Waals surface area contributed by atoms with Gasteiger partial charge in [0.15, 0.2) is 28.2 Å². The molecule has 1 amide bonds. The highest BCUT2D eigenvalue weighted by Gasteiger charge is 2.25. The van der Waals surface area contributed by atoms with Crippen LogP contribution in [0.4, 0.5) is 5.69 Å². The zero-order valence-electron chi connectivity index (χ0n) is 20.2. The number of rotatable bonds is 7. The van der Waals surface area contributed by atoms with E-state index in [1.807, 2.05) is 25.1 Å². The molecule has 1 aromatic heterocycles. The van der Waals surface area contributed by atoms with Gasteiger partial charge in [-0.3, -0.25) is 14.2 Å². The Morgan fingerprint density at radius 2 is 1.76 bits per heavy atom. The first-order valence-corrected chi connectivity index (χ1v) is 13.2. The quantitative estimate of drug-likeness (QED) is 0.251. The molecule has 11 heteroatoms. The van der Waals surface area contributed by atoms with Crippen molar-refractivity contribution in [3.05, 3.63) is 75.5 Å². The average molecular weight is 552 g/mol. The Labute approximate surface area is 226 Å². The predicted molar refractivity (Wildman–Crippen MR) is 144 cm³/mol. The lowest BCUT2D eigenvalue weighted by atomic mass is 10.2. The molecule has 1 N–H and O–H groups in total. The molecule has 0 aliphatic carbocycles. The van der Waals surface area contributed by atoms with Crippen molar-refractivity contribution in [2.24, 2.45) is 0 Å². The molecule has 3 heterocycles. The first-order valence-electron chi connectivity index (χ1n) is 11.9. The van der Waals surface area contributed by atoms with E-state index in [0.29, 0.717) is 56.2 Å². The van der Waals surface area contributed by atoms with Crippen molar-refractivity contribution in [2.75, 3.05) is 18.9 Å². The van der Waals surface area contributed by atoms with E-state index >= 15 is 0 Å². The van der Waals surface area contributed by atoms with Gasteiger partial charge in [-0.25, -0.2) is 4.98 Å². The smallest absolute Gasteiger partial charge is 0.262 e. The number of aromatic nitrogens is 2. The number of carbonyl (C=O) groups is 1. The van der Waals surface area contributed by atoms with Crippen LogP contribution in [0.3, 0.4) is 0 Å². The molecule has 3 aromatic carbocycles. The Hall–Kier alpha value is -3.89. The van der Waals surface area contributed by atoms with Crippen molar-refractivity contribution < 1.29 is 23.7 Å². The van der Waals surface area contributed by atoms with Crippen LogP contribution in [0.25, 0.3) is 10.9 Å². The second-order valence-corrected chi connectivity index (χ2v) is 10.3. The summed E-state index contributed by atoms with van der Waals surface area (Å²) >= 11 is 7.31. The van der Waals surface area contributed by atoms with Gasteiger partial charge in [0.25, 0.3) is 5.56 Å². The maximum atomic E-state index is 13.8. The minimum atomic E-state index is -0.518. The molecule has 4 aromatic rings. The van der Waals surface area contributed by atoms with E-state index in [-0.39, 0.29) is 31.6 Å². The molecule has 194 valence electrons. The van der Waals surface area contributed by atoms with Crippen molar-refractivity contribution in [3.63, 3.8) is 0 Å². The van der Waals surface area contributed by atoms with E-state index in [1.165, 1.54) is 11.8 Å². The molecule has 0 bridgehead atoms. The van der Waals surface area contributed by atoms with Gasteiger partial charge >= 0.3 is 0 Å². The van der Waals surface area contributed by atoms with Gasteiger partial charge in [-0.05, 0) is 48.4 Å². The zero-order chi connectivity index (χ0) is 26.2. The number of amides is 1. The number of thioether (sulfide) groups is 1. The summed E-state index contributed by atoms with van der Waals surface area (Å²) in [5.41, 5.74) is 1.64. The fourth-order valence-electron chi connectivity index (χ4n) is 4.28. The molecule has 38 heavy (non-hydrogen) atoms. The Morgan fingerprint density at radius 1 is 1.03 bits per heavy atom. The molecule has 0 saturated heterocycles. The van der Waals surface area contributed by atoms with Crippen LogP contribution < -0.4 is 29.8 Å².